The molecule has 2 aromatic heterocycles. The molecule has 1 atom stereocenters. The fraction of sp³-hybridized carbons (Fsp3) is 0.435. The van der Waals surface area contributed by atoms with Crippen LogP contribution in [0, 0.1) is 0 Å². The summed E-state index contributed by atoms with van der Waals surface area (Å²) in [6, 6.07) is 7.61. The van der Waals surface area contributed by atoms with Gasteiger partial charge < -0.3 is 10.1 Å². The second-order valence-corrected chi connectivity index (χ2v) is 8.76. The van der Waals surface area contributed by atoms with E-state index in [9.17, 15) is 9.59 Å². The molecule has 0 saturated heterocycles. The van der Waals surface area contributed by atoms with Crippen LogP contribution in [-0.4, -0.2) is 22.1 Å². The first-order chi connectivity index (χ1) is 14.6. The largest absolute Gasteiger partial charge is 0.494 e. The van der Waals surface area contributed by atoms with Crippen LogP contribution in [-0.2, 0) is 24.2 Å². The Morgan fingerprint density at radius 1 is 1.27 bits per heavy atom. The van der Waals surface area contributed by atoms with Crippen molar-refractivity contribution in [3.8, 4) is 5.75 Å². The van der Waals surface area contributed by atoms with Crippen molar-refractivity contribution in [2.45, 2.75) is 58.5 Å². The highest BCUT2D eigenvalue weighted by molar-refractivity contribution is 7.18. The lowest BCUT2D eigenvalue weighted by Gasteiger charge is -2.15. The Morgan fingerprint density at radius 3 is 2.80 bits per heavy atom. The molecule has 1 aliphatic rings. The molecule has 1 N–H and O–H groups in total. The van der Waals surface area contributed by atoms with Crippen LogP contribution in [0.1, 0.15) is 55.2 Å². The number of hydrogen-bond acceptors (Lipinski definition) is 5. The minimum atomic E-state index is -0.116. The number of amides is 1. The summed E-state index contributed by atoms with van der Waals surface area (Å²) in [5.41, 5.74) is 2.17. The average molecular weight is 426 g/mol. The van der Waals surface area contributed by atoms with E-state index in [4.69, 9.17) is 4.74 Å². The number of ether oxygens (including phenoxy) is 1. The summed E-state index contributed by atoms with van der Waals surface area (Å²) in [6.07, 6.45) is 6.12. The van der Waals surface area contributed by atoms with Crippen molar-refractivity contribution >= 4 is 27.5 Å². The van der Waals surface area contributed by atoms with E-state index in [1.165, 1.54) is 16.9 Å². The molecule has 0 spiro atoms. The molecule has 0 radical (unpaired) electrons. The van der Waals surface area contributed by atoms with Crippen LogP contribution in [0.3, 0.4) is 0 Å². The van der Waals surface area contributed by atoms with Crippen LogP contribution in [0.25, 0.3) is 10.2 Å². The van der Waals surface area contributed by atoms with Gasteiger partial charge in [-0.2, -0.15) is 0 Å². The lowest BCUT2D eigenvalue weighted by atomic mass is 9.97. The Balaban J connectivity index is 1.40. The van der Waals surface area contributed by atoms with Crippen molar-refractivity contribution < 1.29 is 9.53 Å². The van der Waals surface area contributed by atoms with Crippen molar-refractivity contribution in [3.63, 3.8) is 0 Å². The maximum atomic E-state index is 13.0. The van der Waals surface area contributed by atoms with Crippen LogP contribution in [0.15, 0.2) is 35.4 Å². The Labute approximate surface area is 179 Å². The molecule has 6 nitrogen and oxygen atoms in total. The highest BCUT2D eigenvalue weighted by atomic mass is 32.1. The van der Waals surface area contributed by atoms with Gasteiger partial charge in [0.1, 0.15) is 10.6 Å². The number of carbonyl (C=O) groups is 1. The molecule has 1 aliphatic carbocycles. The van der Waals surface area contributed by atoms with Gasteiger partial charge in [-0.15, -0.1) is 11.3 Å². The van der Waals surface area contributed by atoms with Crippen molar-refractivity contribution in [2.24, 2.45) is 0 Å². The van der Waals surface area contributed by atoms with Crippen LogP contribution in [0.4, 0.5) is 0 Å². The highest BCUT2D eigenvalue weighted by Gasteiger charge is 2.20. The van der Waals surface area contributed by atoms with Gasteiger partial charge in [0.25, 0.3) is 5.56 Å². The van der Waals surface area contributed by atoms with E-state index < -0.39 is 0 Å². The number of nitrogens with one attached hydrogen (secondary N) is 1. The van der Waals surface area contributed by atoms with Crippen molar-refractivity contribution in [1.82, 2.24) is 14.9 Å². The van der Waals surface area contributed by atoms with E-state index in [1.807, 2.05) is 38.1 Å². The second kappa shape index (κ2) is 9.00. The van der Waals surface area contributed by atoms with Gasteiger partial charge >= 0.3 is 0 Å². The van der Waals surface area contributed by atoms with Crippen LogP contribution in [0.5, 0.6) is 5.75 Å². The third-order valence-corrected chi connectivity index (χ3v) is 6.79. The van der Waals surface area contributed by atoms with Gasteiger partial charge in [-0.3, -0.25) is 14.2 Å². The maximum absolute atomic E-state index is 13.0. The normalized spacial score (nSPS) is 14.3. The van der Waals surface area contributed by atoms with Crippen molar-refractivity contribution in [3.05, 3.63) is 57.0 Å². The molecular weight excluding hydrogens is 398 g/mol. The van der Waals surface area contributed by atoms with Crippen molar-refractivity contribution in [2.75, 3.05) is 6.61 Å². The smallest absolute Gasteiger partial charge is 0.262 e. The number of thiophene rings is 1. The van der Waals surface area contributed by atoms with Gasteiger partial charge in [0, 0.05) is 17.8 Å². The molecule has 0 bridgehead atoms. The number of nitrogens with zero attached hydrogens (tertiary/aromatic N) is 2. The second-order valence-electron chi connectivity index (χ2n) is 7.68. The van der Waals surface area contributed by atoms with Crippen LogP contribution < -0.4 is 15.6 Å². The fourth-order valence-electron chi connectivity index (χ4n) is 3.98. The summed E-state index contributed by atoms with van der Waals surface area (Å²) < 4.78 is 7.03. The molecule has 3 aromatic rings. The third kappa shape index (κ3) is 4.26. The van der Waals surface area contributed by atoms with Gasteiger partial charge in [0.05, 0.1) is 24.4 Å². The highest BCUT2D eigenvalue weighted by Crippen LogP contribution is 2.33. The molecular formula is C23H27N3O3S. The zero-order valence-electron chi connectivity index (χ0n) is 17.4. The zero-order chi connectivity index (χ0) is 21.1. The summed E-state index contributed by atoms with van der Waals surface area (Å²) in [6.45, 7) is 4.85. The molecule has 7 heteroatoms. The van der Waals surface area contributed by atoms with Gasteiger partial charge in [-0.05, 0) is 62.8 Å². The molecule has 1 amide bonds. The summed E-state index contributed by atoms with van der Waals surface area (Å²) in [5, 5.41) is 3.77. The topological polar surface area (TPSA) is 73.2 Å². The van der Waals surface area contributed by atoms with Crippen LogP contribution >= 0.6 is 11.3 Å². The van der Waals surface area contributed by atoms with E-state index in [0.29, 0.717) is 13.2 Å². The molecule has 158 valence electrons. The predicted molar refractivity (Wildman–Crippen MR) is 119 cm³/mol. The first-order valence-electron chi connectivity index (χ1n) is 10.6. The minimum absolute atomic E-state index is 0.0215. The monoisotopic (exact) mass is 425 g/mol. The first kappa shape index (κ1) is 20.6. The zero-order valence-corrected chi connectivity index (χ0v) is 18.3. The quantitative estimate of drug-likeness (QED) is 0.621. The molecule has 2 heterocycles. The summed E-state index contributed by atoms with van der Waals surface area (Å²) in [5.74, 6) is 0.730. The molecule has 0 aliphatic heterocycles. The van der Waals surface area contributed by atoms with Crippen molar-refractivity contribution in [1.29, 1.82) is 0 Å². The lowest BCUT2D eigenvalue weighted by molar-refractivity contribution is -0.121. The van der Waals surface area contributed by atoms with E-state index in [1.54, 1.807) is 22.2 Å². The number of carbonyl (C=O) groups excluding carboxylic acids is 1. The summed E-state index contributed by atoms with van der Waals surface area (Å²) in [4.78, 5) is 32.1. The Hall–Kier alpha value is -2.67. The molecule has 0 fully saturated rings. The number of benzene rings is 1. The third-order valence-electron chi connectivity index (χ3n) is 5.59. The number of rotatable bonds is 7. The van der Waals surface area contributed by atoms with Gasteiger partial charge in [-0.25, -0.2) is 4.98 Å². The number of hydrogen-bond donors (Lipinski definition) is 1. The van der Waals surface area contributed by atoms with Crippen LogP contribution in [0.2, 0.25) is 0 Å². The van der Waals surface area contributed by atoms with Gasteiger partial charge in [0.15, 0.2) is 0 Å². The van der Waals surface area contributed by atoms with E-state index in [0.717, 1.165) is 40.8 Å². The standard InChI is InChI=1S/C23H27N3O3S/c1-3-29-17-10-8-16(9-11-17)15(2)25-20(27)12-13-26-14-24-22-21(23(26)28)18-6-4-5-7-19(18)30-22/h8-11,14-15H,3-7,12-13H2,1-2H3,(H,25,27). The molecule has 0 saturated carbocycles. The average Bonchev–Trinajstić information content (AvgIpc) is 3.13. The Kier molecular flexibility index (Phi) is 6.18. The molecule has 1 unspecified atom stereocenters. The first-order valence-corrected chi connectivity index (χ1v) is 11.4. The van der Waals surface area contributed by atoms with E-state index >= 15 is 0 Å². The predicted octanol–water partition coefficient (Wildman–Crippen LogP) is 4.00. The van der Waals surface area contributed by atoms with E-state index in [2.05, 4.69) is 10.3 Å². The molecule has 30 heavy (non-hydrogen) atoms. The molecule has 4 rings (SSSR count). The molecule has 1 aromatic carbocycles. The number of fused-ring (bicyclic) bond motifs is 3. The summed E-state index contributed by atoms with van der Waals surface area (Å²) >= 11 is 1.64. The number of aromatic nitrogens is 2. The van der Waals surface area contributed by atoms with Gasteiger partial charge in [0.2, 0.25) is 5.91 Å². The fourth-order valence-corrected chi connectivity index (χ4v) is 5.20. The minimum Gasteiger partial charge on any atom is -0.494 e. The van der Waals surface area contributed by atoms with E-state index in [-0.39, 0.29) is 23.9 Å². The Bertz CT molecular complexity index is 1100. The summed E-state index contributed by atoms with van der Waals surface area (Å²) in [7, 11) is 0. The number of aryl methyl sites for hydroxylation is 3. The van der Waals surface area contributed by atoms with Gasteiger partial charge in [-0.1, -0.05) is 12.1 Å². The Morgan fingerprint density at radius 2 is 2.03 bits per heavy atom. The lowest BCUT2D eigenvalue weighted by Crippen LogP contribution is -2.29. The SMILES string of the molecule is CCOc1ccc(C(C)NC(=O)CCn2cnc3sc4c(c3c2=O)CCCC4)cc1. The maximum Gasteiger partial charge on any atom is 0.262 e.